The number of morpholine rings is 1. The Labute approximate surface area is 150 Å². The molecule has 1 aromatic rings. The van der Waals surface area contributed by atoms with E-state index in [1.165, 1.54) is 6.20 Å². The SMILES string of the molecule is CN(C)CC1CN(c2ccc(S(=O)(=O)N3CCCCC3)cn2)CCO1. The molecule has 7 nitrogen and oxygen atoms in total. The highest BCUT2D eigenvalue weighted by Gasteiger charge is 2.27. The van der Waals surface area contributed by atoms with Crippen LogP contribution in [0.1, 0.15) is 19.3 Å². The highest BCUT2D eigenvalue weighted by molar-refractivity contribution is 7.89. The van der Waals surface area contributed by atoms with Crippen molar-refractivity contribution in [1.29, 1.82) is 0 Å². The lowest BCUT2D eigenvalue weighted by Gasteiger charge is -2.35. The Morgan fingerprint density at radius 2 is 1.96 bits per heavy atom. The molecule has 8 heteroatoms. The molecule has 25 heavy (non-hydrogen) atoms. The Kier molecular flexibility index (Phi) is 5.93. The molecule has 0 radical (unpaired) electrons. The van der Waals surface area contributed by atoms with Gasteiger partial charge in [0.05, 0.1) is 12.7 Å². The number of hydrogen-bond acceptors (Lipinski definition) is 6. The molecular formula is C17H28N4O3S. The van der Waals surface area contributed by atoms with Gasteiger partial charge in [-0.1, -0.05) is 6.42 Å². The Balaban J connectivity index is 1.69. The number of rotatable bonds is 5. The molecule has 0 N–H and O–H groups in total. The summed E-state index contributed by atoms with van der Waals surface area (Å²) >= 11 is 0. The van der Waals surface area contributed by atoms with Crippen molar-refractivity contribution in [3.8, 4) is 0 Å². The van der Waals surface area contributed by atoms with Gasteiger partial charge >= 0.3 is 0 Å². The van der Waals surface area contributed by atoms with Crippen LogP contribution >= 0.6 is 0 Å². The number of nitrogens with zero attached hydrogens (tertiary/aromatic N) is 4. The van der Waals surface area contributed by atoms with E-state index in [0.717, 1.165) is 44.7 Å². The van der Waals surface area contributed by atoms with E-state index in [1.54, 1.807) is 10.4 Å². The van der Waals surface area contributed by atoms with Crippen molar-refractivity contribution in [2.45, 2.75) is 30.3 Å². The maximum atomic E-state index is 12.7. The van der Waals surface area contributed by atoms with Crippen LogP contribution < -0.4 is 4.90 Å². The Morgan fingerprint density at radius 3 is 2.60 bits per heavy atom. The van der Waals surface area contributed by atoms with Crippen molar-refractivity contribution >= 4 is 15.8 Å². The smallest absolute Gasteiger partial charge is 0.244 e. The molecule has 0 bridgehead atoms. The van der Waals surface area contributed by atoms with Crippen molar-refractivity contribution in [2.75, 3.05) is 58.3 Å². The van der Waals surface area contributed by atoms with E-state index in [-0.39, 0.29) is 11.0 Å². The van der Waals surface area contributed by atoms with Crippen LogP contribution in [0.3, 0.4) is 0 Å². The third-order valence-corrected chi connectivity index (χ3v) is 6.59. The lowest BCUT2D eigenvalue weighted by Crippen LogP contribution is -2.46. The molecule has 1 atom stereocenters. The van der Waals surface area contributed by atoms with Crippen LogP contribution in [0.2, 0.25) is 0 Å². The van der Waals surface area contributed by atoms with Crippen LogP contribution in [-0.2, 0) is 14.8 Å². The minimum atomic E-state index is -3.42. The summed E-state index contributed by atoms with van der Waals surface area (Å²) in [5.41, 5.74) is 0. The zero-order valence-corrected chi connectivity index (χ0v) is 15.9. The predicted octanol–water partition coefficient (Wildman–Crippen LogP) is 1.02. The number of hydrogen-bond donors (Lipinski definition) is 0. The van der Waals surface area contributed by atoms with E-state index in [4.69, 9.17) is 4.74 Å². The Bertz CT molecular complexity index is 657. The van der Waals surface area contributed by atoms with Gasteiger partial charge in [-0.15, -0.1) is 0 Å². The lowest BCUT2D eigenvalue weighted by atomic mass is 10.2. The van der Waals surface area contributed by atoms with Gasteiger partial charge in [-0.3, -0.25) is 0 Å². The second-order valence-corrected chi connectivity index (χ2v) is 8.96. The number of ether oxygens (including phenoxy) is 1. The van der Waals surface area contributed by atoms with E-state index in [1.807, 2.05) is 20.2 Å². The van der Waals surface area contributed by atoms with Gasteiger partial charge in [0.25, 0.3) is 0 Å². The first-order chi connectivity index (χ1) is 12.0. The normalized spacial score (nSPS) is 23.2. The molecule has 2 saturated heterocycles. The molecule has 3 rings (SSSR count). The number of aromatic nitrogens is 1. The monoisotopic (exact) mass is 368 g/mol. The first-order valence-corrected chi connectivity index (χ1v) is 10.4. The van der Waals surface area contributed by atoms with Gasteiger partial charge in [0.15, 0.2) is 0 Å². The van der Waals surface area contributed by atoms with E-state index in [0.29, 0.717) is 19.7 Å². The van der Waals surface area contributed by atoms with Crippen molar-refractivity contribution in [1.82, 2.24) is 14.2 Å². The van der Waals surface area contributed by atoms with E-state index < -0.39 is 10.0 Å². The second-order valence-electron chi connectivity index (χ2n) is 7.02. The molecule has 2 fully saturated rings. The number of anilines is 1. The number of sulfonamides is 1. The van der Waals surface area contributed by atoms with Crippen molar-refractivity contribution in [3.05, 3.63) is 18.3 Å². The van der Waals surface area contributed by atoms with E-state index in [9.17, 15) is 8.42 Å². The number of pyridine rings is 1. The average Bonchev–Trinajstić information content (AvgIpc) is 2.62. The fraction of sp³-hybridized carbons (Fsp3) is 0.706. The summed E-state index contributed by atoms with van der Waals surface area (Å²) < 4.78 is 32.8. The third kappa shape index (κ3) is 4.49. The van der Waals surface area contributed by atoms with Crippen LogP contribution in [0.5, 0.6) is 0 Å². The molecule has 2 aliphatic rings. The average molecular weight is 369 g/mol. The van der Waals surface area contributed by atoms with Crippen molar-refractivity contribution in [3.63, 3.8) is 0 Å². The molecule has 0 saturated carbocycles. The standard InChI is InChI=1S/C17H28N4O3S/c1-19(2)13-15-14-20(10-11-24-15)17-7-6-16(12-18-17)25(22,23)21-8-4-3-5-9-21/h6-7,12,15H,3-5,8-11,13-14H2,1-2H3. The zero-order valence-electron chi connectivity index (χ0n) is 15.1. The van der Waals surface area contributed by atoms with Gasteiger partial charge in [0, 0.05) is 38.9 Å². The Morgan fingerprint density at radius 1 is 1.20 bits per heavy atom. The molecule has 0 amide bonds. The second kappa shape index (κ2) is 7.99. The molecule has 0 aliphatic carbocycles. The third-order valence-electron chi connectivity index (χ3n) is 4.71. The van der Waals surface area contributed by atoms with Gasteiger partial charge < -0.3 is 14.5 Å². The summed E-state index contributed by atoms with van der Waals surface area (Å²) in [5.74, 6) is 0.810. The van der Waals surface area contributed by atoms with E-state index >= 15 is 0 Å². The summed E-state index contributed by atoms with van der Waals surface area (Å²) in [6.07, 6.45) is 4.61. The minimum Gasteiger partial charge on any atom is -0.373 e. The Hall–Kier alpha value is -1.22. The van der Waals surface area contributed by atoms with Crippen LogP contribution in [0.15, 0.2) is 23.2 Å². The van der Waals surface area contributed by atoms with Crippen LogP contribution in [0.25, 0.3) is 0 Å². The highest BCUT2D eigenvalue weighted by atomic mass is 32.2. The summed E-state index contributed by atoms with van der Waals surface area (Å²) in [5, 5.41) is 0. The van der Waals surface area contributed by atoms with Gasteiger partial charge in [-0.25, -0.2) is 13.4 Å². The zero-order chi connectivity index (χ0) is 17.9. The summed E-state index contributed by atoms with van der Waals surface area (Å²) in [4.78, 5) is 8.98. The maximum Gasteiger partial charge on any atom is 0.244 e. The molecule has 3 heterocycles. The van der Waals surface area contributed by atoms with E-state index in [2.05, 4.69) is 14.8 Å². The molecule has 0 spiro atoms. The van der Waals surface area contributed by atoms with Gasteiger partial charge in [0.1, 0.15) is 10.7 Å². The molecule has 1 aromatic heterocycles. The molecular weight excluding hydrogens is 340 g/mol. The highest BCUT2D eigenvalue weighted by Crippen LogP contribution is 2.22. The molecule has 140 valence electrons. The minimum absolute atomic E-state index is 0.141. The van der Waals surface area contributed by atoms with Gasteiger partial charge in [0.2, 0.25) is 10.0 Å². The lowest BCUT2D eigenvalue weighted by molar-refractivity contribution is 0.0245. The fourth-order valence-corrected chi connectivity index (χ4v) is 4.87. The first kappa shape index (κ1) is 18.6. The topological polar surface area (TPSA) is 66.0 Å². The molecule has 0 aromatic carbocycles. The summed E-state index contributed by atoms with van der Waals surface area (Å²) in [6, 6.07) is 3.50. The van der Waals surface area contributed by atoms with Crippen molar-refractivity contribution in [2.24, 2.45) is 0 Å². The largest absolute Gasteiger partial charge is 0.373 e. The van der Waals surface area contributed by atoms with Gasteiger partial charge in [-0.05, 0) is 39.1 Å². The number of piperidine rings is 1. The molecule has 1 unspecified atom stereocenters. The fourth-order valence-electron chi connectivity index (χ4n) is 3.41. The first-order valence-electron chi connectivity index (χ1n) is 8.94. The number of likely N-dealkylation sites (N-methyl/N-ethyl adjacent to an activating group) is 1. The van der Waals surface area contributed by atoms with Crippen LogP contribution in [0.4, 0.5) is 5.82 Å². The van der Waals surface area contributed by atoms with Gasteiger partial charge in [-0.2, -0.15) is 4.31 Å². The van der Waals surface area contributed by atoms with Crippen molar-refractivity contribution < 1.29 is 13.2 Å². The maximum absolute atomic E-state index is 12.7. The quantitative estimate of drug-likeness (QED) is 0.773. The van der Waals surface area contributed by atoms with Crippen LogP contribution in [-0.4, -0.2) is 82.1 Å². The summed E-state index contributed by atoms with van der Waals surface area (Å²) in [6.45, 7) is 4.28. The summed E-state index contributed by atoms with van der Waals surface area (Å²) in [7, 11) is 0.642. The molecule has 2 aliphatic heterocycles. The van der Waals surface area contributed by atoms with Crippen LogP contribution in [0, 0.1) is 0 Å². The predicted molar refractivity (Wildman–Crippen MR) is 97.4 cm³/mol.